The van der Waals surface area contributed by atoms with Gasteiger partial charge in [0, 0.05) is 0 Å². The molecule has 0 nitrogen and oxygen atoms in total. The molecule has 1 aromatic carbocycles. The number of unbranched alkanes of at least 4 members (excludes halogenated alkanes) is 3. The zero-order chi connectivity index (χ0) is 17.2. The van der Waals surface area contributed by atoms with Gasteiger partial charge >= 0.3 is 154 Å². The predicted octanol–water partition coefficient (Wildman–Crippen LogP) is 8.03. The molecule has 0 aliphatic heterocycles. The first kappa shape index (κ1) is 21.3. The van der Waals surface area contributed by atoms with E-state index >= 15 is 0 Å². The van der Waals surface area contributed by atoms with Crippen molar-refractivity contribution in [3.8, 4) is 0 Å². The third-order valence-corrected chi connectivity index (χ3v) is 12.6. The number of rotatable bonds is 12. The molecule has 0 bridgehead atoms. The molecule has 0 radical (unpaired) electrons. The number of hydrogen-bond acceptors (Lipinski definition) is 0. The Morgan fingerprint density at radius 2 is 1.30 bits per heavy atom. The standard InChI is InChI=1S/C20H35Cl2P/c1-4-7-13-23(22,14-8-5-2,15-9-6-3)18-20-12-10-11-19(16-20)17-21/h10-12,16H,4-9,13-15,17-18H2,1-3H3. The first-order valence-electron chi connectivity index (χ1n) is 9.35. The predicted molar refractivity (Wildman–Crippen MR) is 112 cm³/mol. The van der Waals surface area contributed by atoms with E-state index in [-0.39, 0.29) is 0 Å². The second-order valence-electron chi connectivity index (χ2n) is 7.16. The van der Waals surface area contributed by atoms with Gasteiger partial charge in [-0.1, -0.05) is 0 Å². The summed E-state index contributed by atoms with van der Waals surface area (Å²) in [4.78, 5) is 0. The summed E-state index contributed by atoms with van der Waals surface area (Å²) >= 11 is 13.7. The van der Waals surface area contributed by atoms with Crippen LogP contribution in [0.15, 0.2) is 24.3 Å². The summed E-state index contributed by atoms with van der Waals surface area (Å²) in [5.41, 5.74) is 2.62. The van der Waals surface area contributed by atoms with Gasteiger partial charge in [0.1, 0.15) is 0 Å². The molecule has 0 heterocycles. The van der Waals surface area contributed by atoms with Gasteiger partial charge in [0.05, 0.1) is 0 Å². The van der Waals surface area contributed by atoms with Gasteiger partial charge in [-0.05, 0) is 0 Å². The molecule has 0 fully saturated rings. The Labute approximate surface area is 154 Å². The molecule has 0 saturated heterocycles. The molecule has 0 aliphatic carbocycles. The zero-order valence-electron chi connectivity index (χ0n) is 15.3. The second-order valence-corrected chi connectivity index (χ2v) is 15.6. The van der Waals surface area contributed by atoms with Crippen LogP contribution in [-0.4, -0.2) is 18.5 Å². The average molecular weight is 377 g/mol. The van der Waals surface area contributed by atoms with Crippen LogP contribution in [0.4, 0.5) is 0 Å². The quantitative estimate of drug-likeness (QED) is 0.255. The van der Waals surface area contributed by atoms with E-state index in [1.165, 1.54) is 68.1 Å². The molecule has 0 aromatic heterocycles. The summed E-state index contributed by atoms with van der Waals surface area (Å²) in [6.45, 7) is 6.85. The number of hydrogen-bond donors (Lipinski definition) is 0. The summed E-state index contributed by atoms with van der Waals surface area (Å²) < 4.78 is 0. The van der Waals surface area contributed by atoms with Crippen molar-refractivity contribution in [2.24, 2.45) is 0 Å². The zero-order valence-corrected chi connectivity index (χ0v) is 17.7. The minimum absolute atomic E-state index is 0.588. The fourth-order valence-corrected chi connectivity index (χ4v) is 10.7. The van der Waals surface area contributed by atoms with E-state index in [4.69, 9.17) is 22.8 Å². The van der Waals surface area contributed by atoms with E-state index < -0.39 is 5.96 Å². The third-order valence-electron chi connectivity index (χ3n) is 4.94. The Morgan fingerprint density at radius 1 is 0.826 bits per heavy atom. The Morgan fingerprint density at radius 3 is 1.74 bits per heavy atom. The van der Waals surface area contributed by atoms with Crippen molar-refractivity contribution in [2.75, 3.05) is 18.5 Å². The Kier molecular flexibility index (Phi) is 9.50. The van der Waals surface area contributed by atoms with Crippen LogP contribution in [0, 0.1) is 0 Å². The van der Waals surface area contributed by atoms with Crippen molar-refractivity contribution in [2.45, 2.75) is 71.3 Å². The Bertz CT molecular complexity index is 434. The van der Waals surface area contributed by atoms with Gasteiger partial charge in [0.15, 0.2) is 0 Å². The molecule has 1 aromatic rings. The van der Waals surface area contributed by atoms with Gasteiger partial charge in [-0.3, -0.25) is 0 Å². The number of alkyl halides is 1. The molecule has 0 N–H and O–H groups in total. The normalized spacial score (nSPS) is 13.7. The molecule has 3 heteroatoms. The maximum absolute atomic E-state index is 7.66. The topological polar surface area (TPSA) is 0 Å². The van der Waals surface area contributed by atoms with Gasteiger partial charge in [0.25, 0.3) is 0 Å². The van der Waals surface area contributed by atoms with Gasteiger partial charge in [-0.2, -0.15) is 0 Å². The van der Waals surface area contributed by atoms with Crippen LogP contribution in [0.2, 0.25) is 0 Å². The monoisotopic (exact) mass is 376 g/mol. The Hall–Kier alpha value is 0.230. The van der Waals surface area contributed by atoms with Crippen molar-refractivity contribution in [1.29, 1.82) is 0 Å². The van der Waals surface area contributed by atoms with E-state index in [2.05, 4.69) is 45.0 Å². The molecule has 23 heavy (non-hydrogen) atoms. The second kappa shape index (κ2) is 10.3. The molecule has 0 atom stereocenters. The van der Waals surface area contributed by atoms with E-state index in [1.807, 2.05) is 0 Å². The summed E-state index contributed by atoms with van der Waals surface area (Å²) in [6, 6.07) is 8.79. The molecule has 0 aliphatic rings. The summed E-state index contributed by atoms with van der Waals surface area (Å²) in [6.07, 6.45) is 12.4. The molecular formula is C20H35Cl2P. The molecule has 1 rings (SSSR count). The van der Waals surface area contributed by atoms with E-state index in [0.29, 0.717) is 5.88 Å². The molecule has 0 amide bonds. The van der Waals surface area contributed by atoms with Crippen LogP contribution >= 0.6 is 28.8 Å². The Balaban J connectivity index is 3.11. The van der Waals surface area contributed by atoms with Gasteiger partial charge in [-0.25, -0.2) is 0 Å². The summed E-state index contributed by atoms with van der Waals surface area (Å²) in [7, 11) is 0. The summed E-state index contributed by atoms with van der Waals surface area (Å²) in [5, 5.41) is 0. The minimum atomic E-state index is -2.20. The van der Waals surface area contributed by atoms with Crippen LogP contribution in [0.25, 0.3) is 0 Å². The van der Waals surface area contributed by atoms with Crippen LogP contribution in [0.3, 0.4) is 0 Å². The van der Waals surface area contributed by atoms with Crippen LogP contribution in [-0.2, 0) is 12.0 Å². The van der Waals surface area contributed by atoms with Crippen molar-refractivity contribution in [3.63, 3.8) is 0 Å². The molecular weight excluding hydrogens is 342 g/mol. The van der Waals surface area contributed by atoms with E-state index in [0.717, 1.165) is 6.16 Å². The molecule has 0 saturated carbocycles. The van der Waals surface area contributed by atoms with E-state index in [9.17, 15) is 0 Å². The SMILES string of the molecule is CCCCP(Cl)(CCCC)(CCCC)Cc1cccc(CCl)c1. The molecule has 0 spiro atoms. The fraction of sp³-hybridized carbons (Fsp3) is 0.700. The molecule has 0 unspecified atom stereocenters. The van der Waals surface area contributed by atoms with Crippen molar-refractivity contribution >= 4 is 28.8 Å². The number of halogens is 2. The van der Waals surface area contributed by atoms with Crippen LogP contribution in [0.5, 0.6) is 0 Å². The first-order valence-corrected chi connectivity index (χ1v) is 13.8. The van der Waals surface area contributed by atoms with Crippen LogP contribution < -0.4 is 0 Å². The molecule has 134 valence electrons. The average Bonchev–Trinajstić information content (AvgIpc) is 2.57. The van der Waals surface area contributed by atoms with Gasteiger partial charge in [0.2, 0.25) is 0 Å². The van der Waals surface area contributed by atoms with Crippen molar-refractivity contribution < 1.29 is 0 Å². The fourth-order valence-electron chi connectivity index (χ4n) is 3.50. The van der Waals surface area contributed by atoms with Crippen LogP contribution in [0.1, 0.15) is 70.4 Å². The third kappa shape index (κ3) is 6.93. The van der Waals surface area contributed by atoms with Crippen molar-refractivity contribution in [1.82, 2.24) is 0 Å². The van der Waals surface area contributed by atoms with Gasteiger partial charge < -0.3 is 0 Å². The van der Waals surface area contributed by atoms with Gasteiger partial charge in [-0.15, -0.1) is 0 Å². The van der Waals surface area contributed by atoms with E-state index in [1.54, 1.807) is 0 Å². The summed E-state index contributed by atoms with van der Waals surface area (Å²) in [5.74, 6) is -1.61. The maximum atomic E-state index is 7.66. The first-order chi connectivity index (χ1) is 11.0. The van der Waals surface area contributed by atoms with Crippen molar-refractivity contribution in [3.05, 3.63) is 35.4 Å². The number of benzene rings is 1.